The van der Waals surface area contributed by atoms with E-state index in [1.54, 1.807) is 12.1 Å². The largest absolute Gasteiger partial charge is 0.464 e. The second kappa shape index (κ2) is 5.27. The Bertz CT molecular complexity index is 278. The Hall–Kier alpha value is -0.420. The van der Waals surface area contributed by atoms with Crippen LogP contribution in [0.4, 0.5) is 0 Å². The van der Waals surface area contributed by atoms with Gasteiger partial charge in [-0.25, -0.2) is 9.78 Å². The summed E-state index contributed by atoms with van der Waals surface area (Å²) in [6.45, 7) is 0. The van der Waals surface area contributed by atoms with Gasteiger partial charge in [0.1, 0.15) is 5.69 Å². The molecule has 0 atom stereocenters. The first-order valence-corrected chi connectivity index (χ1v) is 3.73. The van der Waals surface area contributed by atoms with E-state index >= 15 is 0 Å². The topological polar surface area (TPSA) is 39.2 Å². The van der Waals surface area contributed by atoms with Gasteiger partial charge in [-0.05, 0) is 12.1 Å². The second-order valence-corrected chi connectivity index (χ2v) is 2.77. The number of ether oxygens (including phenoxy) is 1. The Morgan fingerprint density at radius 1 is 1.67 bits per heavy atom. The number of methoxy groups -OCH3 is 1. The molecular formula is C7H7Br2NO2. The average molecular weight is 297 g/mol. The molecule has 0 aliphatic rings. The Balaban J connectivity index is 0.00000121. The van der Waals surface area contributed by atoms with E-state index in [2.05, 4.69) is 25.7 Å². The molecule has 0 spiro atoms. The van der Waals surface area contributed by atoms with Gasteiger partial charge in [0.25, 0.3) is 0 Å². The first kappa shape index (κ1) is 11.6. The van der Waals surface area contributed by atoms with Crippen LogP contribution in [0, 0.1) is 0 Å². The fourth-order valence-corrected chi connectivity index (χ4v) is 0.956. The van der Waals surface area contributed by atoms with Crippen molar-refractivity contribution in [1.29, 1.82) is 0 Å². The van der Waals surface area contributed by atoms with Gasteiger partial charge >= 0.3 is 5.97 Å². The first-order valence-electron chi connectivity index (χ1n) is 2.94. The van der Waals surface area contributed by atoms with Gasteiger partial charge < -0.3 is 4.74 Å². The van der Waals surface area contributed by atoms with Crippen molar-refractivity contribution in [2.24, 2.45) is 0 Å². The third-order valence-electron chi connectivity index (χ3n) is 1.12. The molecule has 66 valence electrons. The summed E-state index contributed by atoms with van der Waals surface area (Å²) >= 11 is 3.21. The number of hydrogen-bond acceptors (Lipinski definition) is 3. The van der Waals surface area contributed by atoms with Gasteiger partial charge in [0.05, 0.1) is 7.11 Å². The van der Waals surface area contributed by atoms with Crippen LogP contribution in [0.15, 0.2) is 22.8 Å². The Kier molecular flexibility index (Phi) is 5.08. The van der Waals surface area contributed by atoms with E-state index < -0.39 is 5.97 Å². The maximum Gasteiger partial charge on any atom is 0.356 e. The Morgan fingerprint density at radius 2 is 2.33 bits per heavy atom. The highest BCUT2D eigenvalue weighted by Crippen LogP contribution is 2.09. The third kappa shape index (κ3) is 2.91. The van der Waals surface area contributed by atoms with E-state index in [4.69, 9.17) is 0 Å². The fraction of sp³-hybridized carbons (Fsp3) is 0.143. The quantitative estimate of drug-likeness (QED) is 0.746. The smallest absolute Gasteiger partial charge is 0.356 e. The SMILES string of the molecule is Br.COC(=O)c1cc(Br)ccn1. The molecule has 1 rings (SSSR count). The highest BCUT2D eigenvalue weighted by Gasteiger charge is 2.05. The normalized spacial score (nSPS) is 8.50. The zero-order chi connectivity index (χ0) is 8.27. The molecule has 5 heteroatoms. The van der Waals surface area contributed by atoms with Crippen molar-refractivity contribution in [2.75, 3.05) is 7.11 Å². The molecule has 0 amide bonds. The number of rotatable bonds is 1. The lowest BCUT2D eigenvalue weighted by atomic mass is 10.4. The van der Waals surface area contributed by atoms with Crippen molar-refractivity contribution >= 4 is 38.9 Å². The Labute approximate surface area is 89.0 Å². The van der Waals surface area contributed by atoms with Crippen molar-refractivity contribution in [3.63, 3.8) is 0 Å². The molecule has 0 aromatic carbocycles. The number of pyridine rings is 1. The van der Waals surface area contributed by atoms with Crippen molar-refractivity contribution in [3.05, 3.63) is 28.5 Å². The Morgan fingerprint density at radius 3 is 2.83 bits per heavy atom. The molecule has 0 saturated heterocycles. The van der Waals surface area contributed by atoms with E-state index in [1.165, 1.54) is 13.3 Å². The molecule has 1 aromatic heterocycles. The molecular weight excluding hydrogens is 290 g/mol. The van der Waals surface area contributed by atoms with Gasteiger partial charge in [-0.3, -0.25) is 0 Å². The molecule has 3 nitrogen and oxygen atoms in total. The molecule has 1 aromatic rings. The van der Waals surface area contributed by atoms with Crippen LogP contribution in [0.5, 0.6) is 0 Å². The van der Waals surface area contributed by atoms with Crippen LogP contribution in [0.3, 0.4) is 0 Å². The maximum absolute atomic E-state index is 10.9. The molecule has 1 heterocycles. The summed E-state index contributed by atoms with van der Waals surface area (Å²) in [7, 11) is 1.32. The molecule has 0 N–H and O–H groups in total. The first-order chi connectivity index (χ1) is 5.24. The van der Waals surface area contributed by atoms with Gasteiger partial charge in [0, 0.05) is 10.7 Å². The summed E-state index contributed by atoms with van der Waals surface area (Å²) < 4.78 is 5.28. The van der Waals surface area contributed by atoms with Gasteiger partial charge in [-0.1, -0.05) is 15.9 Å². The van der Waals surface area contributed by atoms with Gasteiger partial charge in [-0.2, -0.15) is 0 Å². The number of nitrogens with zero attached hydrogens (tertiary/aromatic N) is 1. The highest BCUT2D eigenvalue weighted by atomic mass is 79.9. The van der Waals surface area contributed by atoms with Crippen LogP contribution >= 0.6 is 32.9 Å². The molecule has 0 fully saturated rings. The summed E-state index contributed by atoms with van der Waals surface area (Å²) in [5, 5.41) is 0. The van der Waals surface area contributed by atoms with Crippen molar-refractivity contribution < 1.29 is 9.53 Å². The summed E-state index contributed by atoms with van der Waals surface area (Å²) in [5.74, 6) is -0.425. The van der Waals surface area contributed by atoms with E-state index in [1.807, 2.05) is 0 Å². The van der Waals surface area contributed by atoms with Crippen LogP contribution in [-0.2, 0) is 4.74 Å². The number of hydrogen-bond donors (Lipinski definition) is 0. The molecule has 0 aliphatic carbocycles. The standard InChI is InChI=1S/C7H6BrNO2.BrH/c1-11-7(10)6-4-5(8)2-3-9-6;/h2-4H,1H3;1H. The number of carbonyl (C=O) groups excluding carboxylic acids is 1. The zero-order valence-electron chi connectivity index (χ0n) is 6.28. The molecule has 12 heavy (non-hydrogen) atoms. The van der Waals surface area contributed by atoms with Crippen LogP contribution < -0.4 is 0 Å². The minimum absolute atomic E-state index is 0. The summed E-state index contributed by atoms with van der Waals surface area (Å²) in [6, 6.07) is 3.35. The van der Waals surface area contributed by atoms with Crippen molar-refractivity contribution in [2.45, 2.75) is 0 Å². The maximum atomic E-state index is 10.9. The number of aromatic nitrogens is 1. The van der Waals surface area contributed by atoms with E-state index in [9.17, 15) is 4.79 Å². The average Bonchev–Trinajstić information content (AvgIpc) is 2.03. The molecule has 0 saturated carbocycles. The van der Waals surface area contributed by atoms with E-state index in [-0.39, 0.29) is 17.0 Å². The molecule has 0 unspecified atom stereocenters. The monoisotopic (exact) mass is 295 g/mol. The van der Waals surface area contributed by atoms with Crippen LogP contribution in [-0.4, -0.2) is 18.1 Å². The lowest BCUT2D eigenvalue weighted by Crippen LogP contribution is -2.03. The fourth-order valence-electron chi connectivity index (χ4n) is 0.621. The van der Waals surface area contributed by atoms with Crippen LogP contribution in [0.25, 0.3) is 0 Å². The highest BCUT2D eigenvalue weighted by molar-refractivity contribution is 9.10. The van der Waals surface area contributed by atoms with E-state index in [0.717, 1.165) is 4.47 Å². The minimum atomic E-state index is -0.425. The third-order valence-corrected chi connectivity index (χ3v) is 1.61. The number of esters is 1. The van der Waals surface area contributed by atoms with Gasteiger partial charge in [-0.15, -0.1) is 17.0 Å². The van der Waals surface area contributed by atoms with E-state index in [0.29, 0.717) is 5.69 Å². The van der Waals surface area contributed by atoms with Gasteiger partial charge in [0.2, 0.25) is 0 Å². The number of carbonyl (C=O) groups is 1. The second-order valence-electron chi connectivity index (χ2n) is 1.85. The summed E-state index contributed by atoms with van der Waals surface area (Å²) in [5.41, 5.74) is 0.307. The lowest BCUT2D eigenvalue weighted by molar-refractivity contribution is 0.0594. The van der Waals surface area contributed by atoms with Crippen molar-refractivity contribution in [3.8, 4) is 0 Å². The summed E-state index contributed by atoms with van der Waals surface area (Å²) in [4.78, 5) is 14.7. The van der Waals surface area contributed by atoms with Crippen LogP contribution in [0.1, 0.15) is 10.5 Å². The van der Waals surface area contributed by atoms with Gasteiger partial charge in [0.15, 0.2) is 0 Å². The predicted molar refractivity (Wildman–Crippen MR) is 53.6 cm³/mol. The molecule has 0 aliphatic heterocycles. The van der Waals surface area contributed by atoms with Crippen LogP contribution in [0.2, 0.25) is 0 Å². The number of halogens is 2. The lowest BCUT2D eigenvalue weighted by Gasteiger charge is -1.96. The van der Waals surface area contributed by atoms with Crippen molar-refractivity contribution in [1.82, 2.24) is 4.98 Å². The molecule has 0 radical (unpaired) electrons. The minimum Gasteiger partial charge on any atom is -0.464 e. The molecule has 0 bridgehead atoms. The summed E-state index contributed by atoms with van der Waals surface area (Å²) in [6.07, 6.45) is 1.54. The predicted octanol–water partition coefficient (Wildman–Crippen LogP) is 2.21. The zero-order valence-corrected chi connectivity index (χ0v) is 9.58.